The number of nitrogens with zero attached hydrogens (tertiary/aromatic N) is 1. The molecule has 20 heavy (non-hydrogen) atoms. The van der Waals surface area contributed by atoms with Gasteiger partial charge in [0, 0.05) is 25.2 Å². The molecule has 1 aromatic carbocycles. The fourth-order valence-electron chi connectivity index (χ4n) is 1.50. The van der Waals surface area contributed by atoms with Crippen LogP contribution in [0.4, 0.5) is 4.39 Å². The minimum atomic E-state index is -0.384. The number of likely N-dealkylation sites (N-methyl/N-ethyl adjacent to an activating group) is 1. The van der Waals surface area contributed by atoms with E-state index in [1.165, 1.54) is 23.1 Å². The molecule has 1 rings (SSSR count). The van der Waals surface area contributed by atoms with Gasteiger partial charge in [0.05, 0.1) is 13.0 Å². The molecule has 0 aliphatic rings. The number of amides is 1. The monoisotopic (exact) mass is 279 g/mol. The van der Waals surface area contributed by atoms with E-state index >= 15 is 0 Å². The second-order valence-electron chi connectivity index (χ2n) is 4.17. The van der Waals surface area contributed by atoms with E-state index < -0.39 is 0 Å². The lowest BCUT2D eigenvalue weighted by molar-refractivity contribution is -0.143. The summed E-state index contributed by atoms with van der Waals surface area (Å²) in [4.78, 5) is 24.3. The first-order valence-electron chi connectivity index (χ1n) is 6.38. The number of esters is 1. The summed E-state index contributed by atoms with van der Waals surface area (Å²) in [6, 6.07) is 6.18. The van der Waals surface area contributed by atoms with Gasteiger partial charge in [-0.1, -0.05) is 18.2 Å². The maximum atomic E-state index is 13.3. The quantitative estimate of drug-likeness (QED) is 0.592. The molecule has 0 aliphatic heterocycles. The van der Waals surface area contributed by atoms with Crippen LogP contribution in [-0.4, -0.2) is 37.0 Å². The molecule has 4 nitrogen and oxygen atoms in total. The Hall–Kier alpha value is -2.17. The Morgan fingerprint density at radius 1 is 1.35 bits per heavy atom. The molecule has 0 spiro atoms. The number of benzene rings is 1. The van der Waals surface area contributed by atoms with E-state index in [4.69, 9.17) is 4.74 Å². The number of hydrogen-bond acceptors (Lipinski definition) is 3. The predicted molar refractivity (Wildman–Crippen MR) is 74.3 cm³/mol. The van der Waals surface area contributed by atoms with Gasteiger partial charge in [-0.05, 0) is 19.1 Å². The van der Waals surface area contributed by atoms with Crippen LogP contribution in [0.2, 0.25) is 0 Å². The summed E-state index contributed by atoms with van der Waals surface area (Å²) in [5.74, 6) is -1.02. The molecule has 0 N–H and O–H groups in total. The fourth-order valence-corrected chi connectivity index (χ4v) is 1.50. The first kappa shape index (κ1) is 15.9. The highest BCUT2D eigenvalue weighted by Gasteiger charge is 2.08. The van der Waals surface area contributed by atoms with Gasteiger partial charge in [0.25, 0.3) is 0 Å². The molecule has 0 aliphatic carbocycles. The summed E-state index contributed by atoms with van der Waals surface area (Å²) in [5.41, 5.74) is 0.347. The van der Waals surface area contributed by atoms with E-state index in [1.54, 1.807) is 32.2 Å². The molecule has 1 amide bonds. The van der Waals surface area contributed by atoms with E-state index in [9.17, 15) is 14.0 Å². The number of rotatable bonds is 6. The van der Waals surface area contributed by atoms with E-state index in [1.807, 2.05) is 0 Å². The Bertz CT molecular complexity index is 500. The van der Waals surface area contributed by atoms with Gasteiger partial charge in [-0.25, -0.2) is 4.39 Å². The molecular weight excluding hydrogens is 261 g/mol. The Morgan fingerprint density at radius 2 is 2.05 bits per heavy atom. The topological polar surface area (TPSA) is 46.6 Å². The maximum Gasteiger partial charge on any atom is 0.307 e. The van der Waals surface area contributed by atoms with E-state index in [-0.39, 0.29) is 30.7 Å². The number of carbonyl (C=O) groups is 2. The lowest BCUT2D eigenvalue weighted by Gasteiger charge is -2.14. The highest BCUT2D eigenvalue weighted by atomic mass is 19.1. The van der Waals surface area contributed by atoms with Crippen molar-refractivity contribution in [3.05, 3.63) is 41.7 Å². The third-order valence-corrected chi connectivity index (χ3v) is 2.64. The van der Waals surface area contributed by atoms with Crippen LogP contribution in [0.25, 0.3) is 6.08 Å². The Labute approximate surface area is 117 Å². The Kier molecular flexibility index (Phi) is 6.43. The van der Waals surface area contributed by atoms with Crippen LogP contribution in [0.3, 0.4) is 0 Å². The summed E-state index contributed by atoms with van der Waals surface area (Å²) < 4.78 is 18.1. The summed E-state index contributed by atoms with van der Waals surface area (Å²) >= 11 is 0. The summed E-state index contributed by atoms with van der Waals surface area (Å²) in [6.45, 7) is 2.31. The number of ether oxygens (including phenoxy) is 1. The highest BCUT2D eigenvalue weighted by molar-refractivity contribution is 5.91. The molecule has 108 valence electrons. The minimum absolute atomic E-state index is 0.142. The zero-order chi connectivity index (χ0) is 15.0. The Morgan fingerprint density at radius 3 is 2.70 bits per heavy atom. The van der Waals surface area contributed by atoms with Crippen molar-refractivity contribution < 1.29 is 18.7 Å². The molecule has 0 saturated heterocycles. The van der Waals surface area contributed by atoms with Gasteiger partial charge in [-0.15, -0.1) is 0 Å². The van der Waals surface area contributed by atoms with Gasteiger partial charge in [0.15, 0.2) is 0 Å². The molecule has 0 unspecified atom stereocenters. The van der Waals surface area contributed by atoms with Gasteiger partial charge in [0.2, 0.25) is 5.91 Å². The van der Waals surface area contributed by atoms with Gasteiger partial charge < -0.3 is 9.64 Å². The predicted octanol–water partition coefficient (Wildman–Crippen LogP) is 2.25. The number of carbonyl (C=O) groups excluding carboxylic acids is 2. The Balaban J connectivity index is 2.50. The summed E-state index contributed by atoms with van der Waals surface area (Å²) in [5, 5.41) is 0. The summed E-state index contributed by atoms with van der Waals surface area (Å²) in [6.07, 6.45) is 2.84. The van der Waals surface area contributed by atoms with Crippen molar-refractivity contribution >= 4 is 18.0 Å². The number of hydrogen-bond donors (Lipinski definition) is 0. The van der Waals surface area contributed by atoms with Crippen molar-refractivity contribution in [1.29, 1.82) is 0 Å². The van der Waals surface area contributed by atoms with Crippen molar-refractivity contribution in [3.63, 3.8) is 0 Å². The van der Waals surface area contributed by atoms with Crippen LogP contribution in [0, 0.1) is 5.82 Å². The van der Waals surface area contributed by atoms with Crippen LogP contribution < -0.4 is 0 Å². The van der Waals surface area contributed by atoms with Crippen LogP contribution in [0.1, 0.15) is 18.9 Å². The van der Waals surface area contributed by atoms with Gasteiger partial charge in [0.1, 0.15) is 5.82 Å². The normalized spacial score (nSPS) is 10.6. The SMILES string of the molecule is CCOC(=O)CCN(C)C(=O)C=Cc1ccccc1F. The molecule has 0 bridgehead atoms. The molecule has 0 heterocycles. The molecule has 0 saturated carbocycles. The highest BCUT2D eigenvalue weighted by Crippen LogP contribution is 2.08. The average molecular weight is 279 g/mol. The third kappa shape index (κ3) is 5.22. The fraction of sp³-hybridized carbons (Fsp3) is 0.333. The second-order valence-corrected chi connectivity index (χ2v) is 4.17. The molecule has 0 radical (unpaired) electrons. The van der Waals surface area contributed by atoms with Crippen LogP contribution in [-0.2, 0) is 14.3 Å². The van der Waals surface area contributed by atoms with Crippen molar-refractivity contribution in [3.8, 4) is 0 Å². The lowest BCUT2D eigenvalue weighted by atomic mass is 10.2. The van der Waals surface area contributed by atoms with Crippen LogP contribution in [0.15, 0.2) is 30.3 Å². The third-order valence-electron chi connectivity index (χ3n) is 2.64. The molecule has 0 fully saturated rings. The van der Waals surface area contributed by atoms with E-state index in [0.29, 0.717) is 12.2 Å². The van der Waals surface area contributed by atoms with Gasteiger partial charge in [-0.3, -0.25) is 9.59 Å². The molecule has 0 aromatic heterocycles. The smallest absolute Gasteiger partial charge is 0.307 e. The molecule has 1 aromatic rings. The minimum Gasteiger partial charge on any atom is -0.466 e. The lowest BCUT2D eigenvalue weighted by Crippen LogP contribution is -2.27. The van der Waals surface area contributed by atoms with Crippen molar-refractivity contribution in [2.24, 2.45) is 0 Å². The molecule has 0 atom stereocenters. The standard InChI is InChI=1S/C15H18FNO3/c1-3-20-15(19)10-11-17(2)14(18)9-8-12-6-4-5-7-13(12)16/h4-9H,3,10-11H2,1-2H3. The average Bonchev–Trinajstić information content (AvgIpc) is 2.44. The van der Waals surface area contributed by atoms with Crippen molar-refractivity contribution in [2.75, 3.05) is 20.2 Å². The zero-order valence-electron chi connectivity index (χ0n) is 11.6. The first-order chi connectivity index (χ1) is 9.54. The van der Waals surface area contributed by atoms with E-state index in [0.717, 1.165) is 0 Å². The van der Waals surface area contributed by atoms with E-state index in [2.05, 4.69) is 0 Å². The summed E-state index contributed by atoms with van der Waals surface area (Å²) in [7, 11) is 1.58. The maximum absolute atomic E-state index is 13.3. The first-order valence-corrected chi connectivity index (χ1v) is 6.38. The van der Waals surface area contributed by atoms with Crippen LogP contribution >= 0.6 is 0 Å². The zero-order valence-corrected chi connectivity index (χ0v) is 11.6. The van der Waals surface area contributed by atoms with Crippen molar-refractivity contribution in [1.82, 2.24) is 4.90 Å². The second kappa shape index (κ2) is 8.09. The number of halogens is 1. The van der Waals surface area contributed by atoms with Crippen molar-refractivity contribution in [2.45, 2.75) is 13.3 Å². The molecular formula is C15H18FNO3. The van der Waals surface area contributed by atoms with Gasteiger partial charge >= 0.3 is 5.97 Å². The molecule has 5 heteroatoms. The van der Waals surface area contributed by atoms with Crippen LogP contribution in [0.5, 0.6) is 0 Å². The largest absolute Gasteiger partial charge is 0.466 e. The van der Waals surface area contributed by atoms with Gasteiger partial charge in [-0.2, -0.15) is 0 Å².